The van der Waals surface area contributed by atoms with E-state index >= 15 is 0 Å². The first kappa shape index (κ1) is 22.4. The van der Waals surface area contributed by atoms with Crippen LogP contribution in [0, 0.1) is 29.6 Å². The van der Waals surface area contributed by atoms with Crippen molar-refractivity contribution in [2.45, 2.75) is 65.4 Å². The van der Waals surface area contributed by atoms with Gasteiger partial charge in [0.2, 0.25) is 0 Å². The van der Waals surface area contributed by atoms with Crippen LogP contribution in [0.4, 0.5) is 0 Å². The lowest BCUT2D eigenvalue weighted by molar-refractivity contribution is -0.188. The van der Waals surface area contributed by atoms with Gasteiger partial charge in [-0.2, -0.15) is 0 Å². The Balaban J connectivity index is 2.28. The molecule has 0 heterocycles. The van der Waals surface area contributed by atoms with Crippen molar-refractivity contribution >= 4 is 17.9 Å². The summed E-state index contributed by atoms with van der Waals surface area (Å²) in [5, 5.41) is 0. The summed E-state index contributed by atoms with van der Waals surface area (Å²) in [5.41, 5.74) is -1.05. The van der Waals surface area contributed by atoms with Crippen LogP contribution >= 0.6 is 0 Å². The first-order chi connectivity index (χ1) is 13.3. The number of ether oxygens (including phenoxy) is 3. The molecular weight excluding hydrogens is 360 g/mol. The molecule has 0 spiro atoms. The Morgan fingerprint density at radius 1 is 1.07 bits per heavy atom. The van der Waals surface area contributed by atoms with Gasteiger partial charge in [-0.1, -0.05) is 46.6 Å². The van der Waals surface area contributed by atoms with Gasteiger partial charge in [-0.15, -0.1) is 0 Å². The fourth-order valence-electron chi connectivity index (χ4n) is 5.09. The summed E-state index contributed by atoms with van der Waals surface area (Å²) in [6, 6.07) is 0. The molecule has 2 fully saturated rings. The lowest BCUT2D eigenvalue weighted by atomic mass is 9.67. The highest BCUT2D eigenvalue weighted by Gasteiger charge is 2.71. The van der Waals surface area contributed by atoms with Crippen LogP contribution in [-0.2, 0) is 28.6 Å². The lowest BCUT2D eigenvalue weighted by Crippen LogP contribution is -2.54. The van der Waals surface area contributed by atoms with Crippen LogP contribution in [0.2, 0.25) is 0 Å². The Morgan fingerprint density at radius 3 is 2.39 bits per heavy atom. The minimum absolute atomic E-state index is 0.0651. The maximum absolute atomic E-state index is 13.1. The second-order valence-electron chi connectivity index (χ2n) is 8.08. The first-order valence-corrected chi connectivity index (χ1v) is 10.5. The van der Waals surface area contributed by atoms with E-state index in [0.29, 0.717) is 13.0 Å². The quantitative estimate of drug-likeness (QED) is 0.243. The predicted molar refractivity (Wildman–Crippen MR) is 104 cm³/mol. The molecule has 0 radical (unpaired) electrons. The molecule has 158 valence electrons. The third-order valence-electron chi connectivity index (χ3n) is 6.65. The number of hydrogen-bond acceptors (Lipinski definition) is 6. The Kier molecular flexibility index (Phi) is 7.67. The van der Waals surface area contributed by atoms with E-state index in [1.807, 2.05) is 13.8 Å². The molecule has 0 amide bonds. The third-order valence-corrected chi connectivity index (χ3v) is 6.65. The largest absolute Gasteiger partial charge is 0.466 e. The molecule has 2 aliphatic rings. The van der Waals surface area contributed by atoms with Crippen LogP contribution in [0.1, 0.15) is 59.8 Å². The summed E-state index contributed by atoms with van der Waals surface area (Å²) in [6.07, 6.45) is 5.52. The van der Waals surface area contributed by atoms with E-state index in [9.17, 15) is 14.4 Å². The maximum atomic E-state index is 13.1. The van der Waals surface area contributed by atoms with Crippen molar-refractivity contribution in [2.24, 2.45) is 29.6 Å². The standard InChI is InChI=1S/C22H34O6/c1-6-9-10-11-12-27-21(25)19-18(20(24)26-8-3)16-13-22(19,15(5)14(16)4)28-17(23)7-2/h7,14-16,18-19H,2,6,8-13H2,1,3-5H3. The molecule has 2 aliphatic carbocycles. The topological polar surface area (TPSA) is 78.9 Å². The van der Waals surface area contributed by atoms with Crippen molar-refractivity contribution in [3.05, 3.63) is 12.7 Å². The van der Waals surface area contributed by atoms with Crippen LogP contribution in [0.15, 0.2) is 12.7 Å². The minimum Gasteiger partial charge on any atom is -0.466 e. The van der Waals surface area contributed by atoms with E-state index in [-0.39, 0.29) is 24.4 Å². The molecule has 6 nitrogen and oxygen atoms in total. The summed E-state index contributed by atoms with van der Waals surface area (Å²) in [6.45, 7) is 11.9. The van der Waals surface area contributed by atoms with Crippen LogP contribution in [-0.4, -0.2) is 36.7 Å². The van der Waals surface area contributed by atoms with Crippen molar-refractivity contribution in [1.29, 1.82) is 0 Å². The van der Waals surface area contributed by atoms with Crippen LogP contribution < -0.4 is 0 Å². The first-order valence-electron chi connectivity index (χ1n) is 10.5. The summed E-state index contributed by atoms with van der Waals surface area (Å²) in [5.74, 6) is -2.95. The number of esters is 3. The average Bonchev–Trinajstić information content (AvgIpc) is 3.13. The van der Waals surface area contributed by atoms with E-state index in [4.69, 9.17) is 14.2 Å². The van der Waals surface area contributed by atoms with Gasteiger partial charge in [0.05, 0.1) is 19.1 Å². The van der Waals surface area contributed by atoms with Gasteiger partial charge in [0.15, 0.2) is 0 Å². The van der Waals surface area contributed by atoms with Crippen molar-refractivity contribution in [1.82, 2.24) is 0 Å². The molecule has 2 saturated carbocycles. The van der Waals surface area contributed by atoms with Gasteiger partial charge < -0.3 is 14.2 Å². The van der Waals surface area contributed by atoms with Crippen molar-refractivity contribution in [3.8, 4) is 0 Å². The third kappa shape index (κ3) is 4.11. The zero-order chi connectivity index (χ0) is 20.9. The highest BCUT2D eigenvalue weighted by molar-refractivity contribution is 5.87. The molecule has 2 bridgehead atoms. The molecule has 28 heavy (non-hydrogen) atoms. The average molecular weight is 395 g/mol. The minimum atomic E-state index is -1.05. The van der Waals surface area contributed by atoms with Gasteiger partial charge in [0.1, 0.15) is 11.5 Å². The van der Waals surface area contributed by atoms with E-state index < -0.39 is 35.3 Å². The number of rotatable bonds is 10. The maximum Gasteiger partial charge on any atom is 0.330 e. The highest BCUT2D eigenvalue weighted by Crippen LogP contribution is 2.62. The molecule has 0 saturated heterocycles. The molecule has 6 heteroatoms. The lowest BCUT2D eigenvalue weighted by Gasteiger charge is -2.42. The van der Waals surface area contributed by atoms with E-state index in [2.05, 4.69) is 13.5 Å². The van der Waals surface area contributed by atoms with Gasteiger partial charge in [-0.25, -0.2) is 4.79 Å². The van der Waals surface area contributed by atoms with E-state index in [0.717, 1.165) is 31.8 Å². The van der Waals surface area contributed by atoms with Crippen molar-refractivity contribution < 1.29 is 28.6 Å². The van der Waals surface area contributed by atoms with Crippen LogP contribution in [0.3, 0.4) is 0 Å². The molecule has 0 aromatic carbocycles. The second-order valence-corrected chi connectivity index (χ2v) is 8.08. The molecule has 0 aromatic rings. The second kappa shape index (κ2) is 9.57. The Hall–Kier alpha value is -1.85. The summed E-state index contributed by atoms with van der Waals surface area (Å²) < 4.78 is 16.6. The molecule has 6 atom stereocenters. The monoisotopic (exact) mass is 394 g/mol. The Morgan fingerprint density at radius 2 is 1.79 bits per heavy atom. The van der Waals surface area contributed by atoms with Gasteiger partial charge in [-0.05, 0) is 37.5 Å². The SMILES string of the molecule is C=CC(=O)OC12CC(C(C)C1C)C(C(=O)OCC)C2C(=O)OCCCCCC. The van der Waals surface area contributed by atoms with Gasteiger partial charge in [0.25, 0.3) is 0 Å². The number of unbranched alkanes of at least 4 members (excludes halogenated alkanes) is 3. The summed E-state index contributed by atoms with van der Waals surface area (Å²) >= 11 is 0. The molecular formula is C22H34O6. The number of fused-ring (bicyclic) bond motifs is 2. The fourth-order valence-corrected chi connectivity index (χ4v) is 5.09. The molecule has 2 rings (SSSR count). The summed E-state index contributed by atoms with van der Waals surface area (Å²) in [7, 11) is 0. The van der Waals surface area contributed by atoms with Crippen LogP contribution in [0.25, 0.3) is 0 Å². The molecule has 0 aliphatic heterocycles. The predicted octanol–water partition coefficient (Wildman–Crippen LogP) is 3.68. The smallest absolute Gasteiger partial charge is 0.330 e. The zero-order valence-electron chi connectivity index (χ0n) is 17.6. The van der Waals surface area contributed by atoms with Crippen LogP contribution in [0.5, 0.6) is 0 Å². The molecule has 6 unspecified atom stereocenters. The van der Waals surface area contributed by atoms with Gasteiger partial charge >= 0.3 is 17.9 Å². The van der Waals surface area contributed by atoms with E-state index in [1.165, 1.54) is 0 Å². The molecule has 0 aromatic heterocycles. The Bertz CT molecular complexity index is 600. The highest BCUT2D eigenvalue weighted by atomic mass is 16.6. The number of carbonyl (C=O) groups is 3. The van der Waals surface area contributed by atoms with Gasteiger partial charge in [0, 0.05) is 6.08 Å². The normalized spacial score (nSPS) is 33.4. The number of hydrogen-bond donors (Lipinski definition) is 0. The Labute approximate surface area is 168 Å². The van der Waals surface area contributed by atoms with Crippen molar-refractivity contribution in [3.63, 3.8) is 0 Å². The van der Waals surface area contributed by atoms with Gasteiger partial charge in [-0.3, -0.25) is 9.59 Å². The van der Waals surface area contributed by atoms with E-state index in [1.54, 1.807) is 6.92 Å². The zero-order valence-corrected chi connectivity index (χ0v) is 17.6. The van der Waals surface area contributed by atoms with Crippen molar-refractivity contribution in [2.75, 3.05) is 13.2 Å². The number of carbonyl (C=O) groups excluding carboxylic acids is 3. The fraction of sp³-hybridized carbons (Fsp3) is 0.773. The summed E-state index contributed by atoms with van der Waals surface area (Å²) in [4.78, 5) is 37.9. The molecule has 0 N–H and O–H groups in total.